The van der Waals surface area contributed by atoms with E-state index < -0.39 is 5.92 Å². The van der Waals surface area contributed by atoms with E-state index in [0.29, 0.717) is 29.6 Å². The zero-order valence-corrected chi connectivity index (χ0v) is 19.9. The molecular formula is C27H46F2O. The first-order valence-electron chi connectivity index (χ1n) is 13.1. The second-order valence-electron chi connectivity index (χ2n) is 12.6. The molecule has 4 aliphatic rings. The standard InChI is InChI=1S/C27H46F2O/c1-18(17-30)8-7-9-19(2)21-11-12-22-20-16-27(28,29)24-10-5-6-14-26(24,4)23(20)13-15-25(21,22)3/h18-24,30H,5-17H2,1-4H3/t18?,19-,20+,21-,22+,23+,24?,25-,26-/m1/s1. The molecule has 0 heterocycles. The van der Waals surface area contributed by atoms with Crippen molar-refractivity contribution in [2.45, 2.75) is 111 Å². The molecule has 4 rings (SSSR count). The highest BCUT2D eigenvalue weighted by molar-refractivity contribution is 5.12. The van der Waals surface area contributed by atoms with Gasteiger partial charge in [-0.25, -0.2) is 8.78 Å². The van der Waals surface area contributed by atoms with Gasteiger partial charge in [-0.1, -0.05) is 53.4 Å². The third-order valence-electron chi connectivity index (χ3n) is 11.0. The van der Waals surface area contributed by atoms with Crippen LogP contribution in [0.25, 0.3) is 0 Å². The predicted octanol–water partition coefficient (Wildman–Crippen LogP) is 7.72. The average Bonchev–Trinajstić information content (AvgIpc) is 3.05. The number of halogens is 2. The fourth-order valence-corrected chi connectivity index (χ4v) is 9.40. The zero-order chi connectivity index (χ0) is 21.7. The maximum Gasteiger partial charge on any atom is 0.251 e. The first-order valence-corrected chi connectivity index (χ1v) is 13.1. The van der Waals surface area contributed by atoms with Crippen molar-refractivity contribution in [1.82, 2.24) is 0 Å². The third-order valence-corrected chi connectivity index (χ3v) is 11.0. The Hall–Kier alpha value is -0.180. The van der Waals surface area contributed by atoms with E-state index in [1.807, 2.05) is 0 Å². The van der Waals surface area contributed by atoms with Crippen LogP contribution in [-0.4, -0.2) is 17.6 Å². The number of fused-ring (bicyclic) bond motifs is 5. The summed E-state index contributed by atoms with van der Waals surface area (Å²) < 4.78 is 30.9. The zero-order valence-electron chi connectivity index (χ0n) is 19.9. The largest absolute Gasteiger partial charge is 0.396 e. The van der Waals surface area contributed by atoms with Crippen LogP contribution in [0.15, 0.2) is 0 Å². The van der Waals surface area contributed by atoms with Crippen molar-refractivity contribution in [3.8, 4) is 0 Å². The molecule has 9 atom stereocenters. The van der Waals surface area contributed by atoms with E-state index in [4.69, 9.17) is 0 Å². The molecule has 3 heteroatoms. The van der Waals surface area contributed by atoms with Crippen LogP contribution in [0.2, 0.25) is 0 Å². The van der Waals surface area contributed by atoms with Crippen molar-refractivity contribution in [3.63, 3.8) is 0 Å². The summed E-state index contributed by atoms with van der Waals surface area (Å²) in [5, 5.41) is 9.30. The number of hydrogen-bond donors (Lipinski definition) is 1. The Bertz CT molecular complexity index is 606. The first kappa shape index (κ1) is 23.0. The molecule has 0 aromatic carbocycles. The number of aliphatic hydroxyl groups is 1. The van der Waals surface area contributed by atoms with Crippen LogP contribution < -0.4 is 0 Å². The smallest absolute Gasteiger partial charge is 0.251 e. The minimum Gasteiger partial charge on any atom is -0.396 e. The molecular weight excluding hydrogens is 378 g/mol. The van der Waals surface area contributed by atoms with Crippen molar-refractivity contribution < 1.29 is 13.9 Å². The van der Waals surface area contributed by atoms with Gasteiger partial charge in [0, 0.05) is 18.9 Å². The van der Waals surface area contributed by atoms with Crippen LogP contribution in [0.5, 0.6) is 0 Å². The van der Waals surface area contributed by atoms with Crippen LogP contribution in [0, 0.1) is 52.3 Å². The van der Waals surface area contributed by atoms with Gasteiger partial charge in [0.25, 0.3) is 5.92 Å². The molecule has 4 fully saturated rings. The molecule has 0 saturated heterocycles. The Morgan fingerprint density at radius 2 is 1.63 bits per heavy atom. The summed E-state index contributed by atoms with van der Waals surface area (Å²) in [5.41, 5.74) is 0.132. The van der Waals surface area contributed by atoms with Gasteiger partial charge in [0.05, 0.1) is 0 Å². The van der Waals surface area contributed by atoms with Gasteiger partial charge in [-0.2, -0.15) is 0 Å². The fraction of sp³-hybridized carbons (Fsp3) is 1.00. The molecule has 0 aromatic rings. The van der Waals surface area contributed by atoms with Gasteiger partial charge in [0.2, 0.25) is 0 Å². The van der Waals surface area contributed by atoms with E-state index in [0.717, 1.165) is 32.1 Å². The molecule has 1 N–H and O–H groups in total. The first-order chi connectivity index (χ1) is 14.1. The highest BCUT2D eigenvalue weighted by atomic mass is 19.3. The lowest BCUT2D eigenvalue weighted by Crippen LogP contribution is -2.59. The lowest BCUT2D eigenvalue weighted by molar-refractivity contribution is -0.225. The van der Waals surface area contributed by atoms with Crippen LogP contribution in [0.3, 0.4) is 0 Å². The quantitative estimate of drug-likeness (QED) is 0.463. The Balaban J connectivity index is 1.50. The van der Waals surface area contributed by atoms with Gasteiger partial charge >= 0.3 is 0 Å². The van der Waals surface area contributed by atoms with Crippen molar-refractivity contribution in [1.29, 1.82) is 0 Å². The van der Waals surface area contributed by atoms with Crippen LogP contribution in [0.4, 0.5) is 8.78 Å². The number of rotatable bonds is 6. The predicted molar refractivity (Wildman–Crippen MR) is 119 cm³/mol. The molecule has 0 aliphatic heterocycles. The maximum atomic E-state index is 15.4. The number of alkyl halides is 2. The number of hydrogen-bond acceptors (Lipinski definition) is 1. The summed E-state index contributed by atoms with van der Waals surface area (Å²) in [6, 6.07) is 0. The Morgan fingerprint density at radius 1 is 0.900 bits per heavy atom. The summed E-state index contributed by atoms with van der Waals surface area (Å²) in [7, 11) is 0. The Morgan fingerprint density at radius 3 is 2.37 bits per heavy atom. The van der Waals surface area contributed by atoms with E-state index in [1.165, 1.54) is 38.5 Å². The van der Waals surface area contributed by atoms with E-state index in [2.05, 4.69) is 27.7 Å². The van der Waals surface area contributed by atoms with Gasteiger partial charge in [-0.15, -0.1) is 0 Å². The second-order valence-corrected chi connectivity index (χ2v) is 12.6. The molecule has 4 aliphatic carbocycles. The van der Waals surface area contributed by atoms with Gasteiger partial charge in [0.15, 0.2) is 0 Å². The third kappa shape index (κ3) is 3.67. The van der Waals surface area contributed by atoms with Crippen LogP contribution in [-0.2, 0) is 0 Å². The van der Waals surface area contributed by atoms with E-state index >= 15 is 8.78 Å². The van der Waals surface area contributed by atoms with Gasteiger partial charge in [-0.3, -0.25) is 0 Å². The fourth-order valence-electron chi connectivity index (χ4n) is 9.40. The van der Waals surface area contributed by atoms with Crippen LogP contribution in [0.1, 0.15) is 105 Å². The lowest BCUT2D eigenvalue weighted by atomic mass is 9.43. The average molecular weight is 425 g/mol. The Kier molecular flexibility index (Phi) is 6.37. The van der Waals surface area contributed by atoms with Crippen molar-refractivity contribution in [2.75, 3.05) is 6.61 Å². The Labute approximate surface area is 183 Å². The van der Waals surface area contributed by atoms with Crippen molar-refractivity contribution >= 4 is 0 Å². The highest BCUT2D eigenvalue weighted by Crippen LogP contribution is 2.70. The summed E-state index contributed by atoms with van der Waals surface area (Å²) in [5.74, 6) is 0.207. The van der Waals surface area contributed by atoms with Gasteiger partial charge < -0.3 is 5.11 Å². The number of aliphatic hydroxyl groups excluding tert-OH is 1. The molecule has 174 valence electrons. The lowest BCUT2D eigenvalue weighted by Gasteiger charge is -2.62. The monoisotopic (exact) mass is 424 g/mol. The maximum absolute atomic E-state index is 15.4. The normalized spacial score (nSPS) is 47.1. The van der Waals surface area contributed by atoms with E-state index in [1.54, 1.807) is 0 Å². The van der Waals surface area contributed by atoms with Crippen LogP contribution >= 0.6 is 0 Å². The van der Waals surface area contributed by atoms with E-state index in [9.17, 15) is 5.11 Å². The summed E-state index contributed by atoms with van der Waals surface area (Å²) in [6.45, 7) is 9.56. The molecule has 30 heavy (non-hydrogen) atoms. The molecule has 0 spiro atoms. The minimum absolute atomic E-state index is 0.129. The van der Waals surface area contributed by atoms with Crippen molar-refractivity contribution in [2.24, 2.45) is 52.3 Å². The second kappa shape index (κ2) is 8.31. The summed E-state index contributed by atoms with van der Waals surface area (Å²) in [4.78, 5) is 0. The molecule has 1 nitrogen and oxygen atoms in total. The van der Waals surface area contributed by atoms with E-state index in [-0.39, 0.29) is 35.7 Å². The SMILES string of the molecule is CC(CO)CCC[C@@H](C)[C@H]1CC[C@H]2[C@@H]3CC(F)(F)C4CCCC[C@]4(C)[C@H]3CC[C@]12C. The molecule has 2 unspecified atom stereocenters. The summed E-state index contributed by atoms with van der Waals surface area (Å²) in [6.07, 6.45) is 12.5. The molecule has 0 amide bonds. The highest BCUT2D eigenvalue weighted by Gasteiger charge is 2.66. The molecule has 0 radical (unpaired) electrons. The van der Waals surface area contributed by atoms with Gasteiger partial charge in [0.1, 0.15) is 0 Å². The molecule has 4 saturated carbocycles. The minimum atomic E-state index is -2.46. The topological polar surface area (TPSA) is 20.2 Å². The molecule has 0 bridgehead atoms. The van der Waals surface area contributed by atoms with Gasteiger partial charge in [-0.05, 0) is 91.3 Å². The summed E-state index contributed by atoms with van der Waals surface area (Å²) >= 11 is 0. The molecule has 0 aromatic heterocycles. The van der Waals surface area contributed by atoms with Crippen molar-refractivity contribution in [3.05, 3.63) is 0 Å².